The smallest absolute Gasteiger partial charge is 0.253 e. The fourth-order valence-corrected chi connectivity index (χ4v) is 1.85. The topological polar surface area (TPSA) is 34.0 Å². The number of hydrogen-bond acceptors (Lipinski definition) is 1. The van der Waals surface area contributed by atoms with Crippen molar-refractivity contribution in [3.63, 3.8) is 0 Å². The number of benzene rings is 1. The lowest BCUT2D eigenvalue weighted by Crippen LogP contribution is -2.17. The molecule has 0 fully saturated rings. The molecule has 0 aliphatic carbocycles. The number of nitrogens with zero attached hydrogens (tertiary/aromatic N) is 1. The fraction of sp³-hybridized carbons (Fsp3) is 0.182. The van der Waals surface area contributed by atoms with Crippen LogP contribution in [0.4, 0.5) is 0 Å². The van der Waals surface area contributed by atoms with Gasteiger partial charge in [-0.3, -0.25) is 4.79 Å². The van der Waals surface area contributed by atoms with E-state index in [9.17, 15) is 4.79 Å². The van der Waals surface area contributed by atoms with Crippen molar-refractivity contribution < 1.29 is 4.79 Å². The molecule has 0 atom stereocenters. The molecule has 0 aliphatic heterocycles. The highest BCUT2D eigenvalue weighted by molar-refractivity contribution is 6.31. The molecule has 0 aliphatic rings. The first-order chi connectivity index (χ1) is 7.13. The second kappa shape index (κ2) is 3.59. The summed E-state index contributed by atoms with van der Waals surface area (Å²) in [6.45, 7) is 0. The summed E-state index contributed by atoms with van der Waals surface area (Å²) >= 11 is 5.91. The Balaban J connectivity index is 2.75. The Kier molecular flexibility index (Phi) is 2.40. The van der Waals surface area contributed by atoms with Gasteiger partial charge in [-0.15, -0.1) is 0 Å². The van der Waals surface area contributed by atoms with Gasteiger partial charge in [0.25, 0.3) is 5.91 Å². The minimum Gasteiger partial charge on any atom is -0.355 e. The Morgan fingerprint density at radius 1 is 1.47 bits per heavy atom. The van der Waals surface area contributed by atoms with Crippen molar-refractivity contribution in [1.29, 1.82) is 0 Å². The number of aryl methyl sites for hydroxylation is 1. The van der Waals surface area contributed by atoms with E-state index in [1.165, 1.54) is 0 Å². The van der Waals surface area contributed by atoms with E-state index in [2.05, 4.69) is 5.32 Å². The van der Waals surface area contributed by atoms with Crippen molar-refractivity contribution >= 4 is 28.4 Å². The lowest BCUT2D eigenvalue weighted by Gasteiger charge is -1.97. The summed E-state index contributed by atoms with van der Waals surface area (Å²) in [5, 5.41) is 4.13. The standard InChI is InChI=1S/C11H11ClN2O/c1-13-11(15)9-6-14(2)10-4-3-7(12)5-8(9)10/h3-6H,1-2H3,(H,13,15). The summed E-state index contributed by atoms with van der Waals surface area (Å²) in [6, 6.07) is 5.53. The van der Waals surface area contributed by atoms with E-state index in [1.54, 1.807) is 13.2 Å². The van der Waals surface area contributed by atoms with Crippen LogP contribution in [0.3, 0.4) is 0 Å². The molecule has 0 radical (unpaired) electrons. The number of amides is 1. The molecular weight excluding hydrogens is 212 g/mol. The number of nitrogens with one attached hydrogen (secondary N) is 1. The molecule has 78 valence electrons. The Morgan fingerprint density at radius 3 is 2.87 bits per heavy atom. The molecule has 0 spiro atoms. The quantitative estimate of drug-likeness (QED) is 0.789. The minimum absolute atomic E-state index is 0.0946. The van der Waals surface area contributed by atoms with E-state index in [-0.39, 0.29) is 5.91 Å². The fourth-order valence-electron chi connectivity index (χ4n) is 1.68. The average Bonchev–Trinajstić information content (AvgIpc) is 2.54. The number of halogens is 1. The third-order valence-corrected chi connectivity index (χ3v) is 2.66. The molecule has 4 heteroatoms. The molecule has 2 rings (SSSR count). The van der Waals surface area contributed by atoms with E-state index in [0.717, 1.165) is 10.9 Å². The molecule has 3 nitrogen and oxygen atoms in total. The van der Waals surface area contributed by atoms with Gasteiger partial charge in [-0.05, 0) is 18.2 Å². The summed E-state index contributed by atoms with van der Waals surface area (Å²) in [5.74, 6) is -0.0946. The number of carbonyl (C=O) groups is 1. The first-order valence-corrected chi connectivity index (χ1v) is 4.98. The van der Waals surface area contributed by atoms with Crippen LogP contribution in [0.1, 0.15) is 10.4 Å². The zero-order valence-electron chi connectivity index (χ0n) is 8.54. The van der Waals surface area contributed by atoms with Crippen LogP contribution in [-0.2, 0) is 7.05 Å². The normalized spacial score (nSPS) is 10.6. The van der Waals surface area contributed by atoms with Gasteiger partial charge in [-0.2, -0.15) is 0 Å². The van der Waals surface area contributed by atoms with Gasteiger partial charge in [0, 0.05) is 36.2 Å². The molecular formula is C11H11ClN2O. The highest BCUT2D eigenvalue weighted by Gasteiger charge is 2.12. The lowest BCUT2D eigenvalue weighted by molar-refractivity contribution is 0.0964. The molecule has 1 aromatic heterocycles. The van der Waals surface area contributed by atoms with Crippen molar-refractivity contribution in [2.45, 2.75) is 0 Å². The van der Waals surface area contributed by atoms with Gasteiger partial charge in [-0.25, -0.2) is 0 Å². The van der Waals surface area contributed by atoms with Gasteiger partial charge in [-0.1, -0.05) is 11.6 Å². The zero-order valence-corrected chi connectivity index (χ0v) is 9.30. The molecule has 0 bridgehead atoms. The molecule has 2 aromatic rings. The number of aromatic nitrogens is 1. The molecule has 1 N–H and O–H groups in total. The molecule has 1 aromatic carbocycles. The van der Waals surface area contributed by atoms with Gasteiger partial charge in [0.15, 0.2) is 0 Å². The van der Waals surface area contributed by atoms with Crippen LogP contribution in [0.5, 0.6) is 0 Å². The second-order valence-electron chi connectivity index (χ2n) is 3.39. The van der Waals surface area contributed by atoms with E-state index < -0.39 is 0 Å². The molecule has 15 heavy (non-hydrogen) atoms. The van der Waals surface area contributed by atoms with Gasteiger partial charge in [0.1, 0.15) is 0 Å². The number of carbonyl (C=O) groups excluding carboxylic acids is 1. The van der Waals surface area contributed by atoms with E-state index in [0.29, 0.717) is 10.6 Å². The summed E-state index contributed by atoms with van der Waals surface area (Å²) < 4.78 is 1.91. The monoisotopic (exact) mass is 222 g/mol. The summed E-state index contributed by atoms with van der Waals surface area (Å²) in [7, 11) is 3.52. The van der Waals surface area contributed by atoms with E-state index >= 15 is 0 Å². The third kappa shape index (κ3) is 1.59. The summed E-state index contributed by atoms with van der Waals surface area (Å²) in [6.07, 6.45) is 1.81. The number of rotatable bonds is 1. The van der Waals surface area contributed by atoms with Gasteiger partial charge >= 0.3 is 0 Å². The molecule has 0 saturated carbocycles. The van der Waals surface area contributed by atoms with Crippen LogP contribution in [0.2, 0.25) is 5.02 Å². The number of fused-ring (bicyclic) bond motifs is 1. The second-order valence-corrected chi connectivity index (χ2v) is 3.83. The maximum Gasteiger partial charge on any atom is 0.253 e. The highest BCUT2D eigenvalue weighted by atomic mass is 35.5. The summed E-state index contributed by atoms with van der Waals surface area (Å²) in [5.41, 5.74) is 1.65. The predicted octanol–water partition coefficient (Wildman–Crippen LogP) is 2.19. The van der Waals surface area contributed by atoms with Crippen molar-refractivity contribution in [2.24, 2.45) is 7.05 Å². The van der Waals surface area contributed by atoms with Gasteiger partial charge < -0.3 is 9.88 Å². The van der Waals surface area contributed by atoms with Crippen LogP contribution in [-0.4, -0.2) is 17.5 Å². The first kappa shape index (κ1) is 10.1. The maximum absolute atomic E-state index is 11.6. The Hall–Kier alpha value is -1.48. The Bertz CT molecular complexity index is 531. The molecule has 1 amide bonds. The van der Waals surface area contributed by atoms with Crippen LogP contribution in [0, 0.1) is 0 Å². The van der Waals surface area contributed by atoms with Gasteiger partial charge in [0.2, 0.25) is 0 Å². The van der Waals surface area contributed by atoms with E-state index in [4.69, 9.17) is 11.6 Å². The van der Waals surface area contributed by atoms with Crippen LogP contribution < -0.4 is 5.32 Å². The Labute approximate surface area is 92.6 Å². The third-order valence-electron chi connectivity index (χ3n) is 2.42. The lowest BCUT2D eigenvalue weighted by atomic mass is 10.1. The van der Waals surface area contributed by atoms with Crippen LogP contribution in [0.15, 0.2) is 24.4 Å². The molecule has 0 unspecified atom stereocenters. The predicted molar refractivity (Wildman–Crippen MR) is 61.3 cm³/mol. The largest absolute Gasteiger partial charge is 0.355 e. The van der Waals surface area contributed by atoms with Gasteiger partial charge in [0.05, 0.1) is 5.56 Å². The zero-order chi connectivity index (χ0) is 11.0. The van der Waals surface area contributed by atoms with Crippen molar-refractivity contribution in [1.82, 2.24) is 9.88 Å². The van der Waals surface area contributed by atoms with Crippen molar-refractivity contribution in [3.05, 3.63) is 35.0 Å². The number of hydrogen-bond donors (Lipinski definition) is 1. The highest BCUT2D eigenvalue weighted by Crippen LogP contribution is 2.24. The minimum atomic E-state index is -0.0946. The maximum atomic E-state index is 11.6. The summed E-state index contributed by atoms with van der Waals surface area (Å²) in [4.78, 5) is 11.6. The van der Waals surface area contributed by atoms with Crippen LogP contribution in [0.25, 0.3) is 10.9 Å². The van der Waals surface area contributed by atoms with Crippen molar-refractivity contribution in [3.8, 4) is 0 Å². The molecule has 1 heterocycles. The van der Waals surface area contributed by atoms with E-state index in [1.807, 2.05) is 29.8 Å². The Morgan fingerprint density at radius 2 is 2.20 bits per heavy atom. The SMILES string of the molecule is CNC(=O)c1cn(C)c2ccc(Cl)cc12. The first-order valence-electron chi connectivity index (χ1n) is 4.60. The van der Waals surface area contributed by atoms with Crippen molar-refractivity contribution in [2.75, 3.05) is 7.05 Å². The average molecular weight is 223 g/mol. The molecule has 0 saturated heterocycles. The van der Waals surface area contributed by atoms with Crippen LogP contribution >= 0.6 is 11.6 Å².